The summed E-state index contributed by atoms with van der Waals surface area (Å²) in [5, 5.41) is 5.14. The van der Waals surface area contributed by atoms with E-state index in [1.54, 1.807) is 0 Å². The standard InChI is InChI=1S/C15H20ClN3/c1-19(2)9-5-8-17-11-13-10-12-6-3-4-7-14(12)18-15(13)16/h3-4,6-7,10,17H,5,8-9,11H2,1-2H3. The van der Waals surface area contributed by atoms with E-state index in [4.69, 9.17) is 11.6 Å². The van der Waals surface area contributed by atoms with E-state index < -0.39 is 0 Å². The molecule has 0 spiro atoms. The van der Waals surface area contributed by atoms with E-state index in [1.165, 1.54) is 0 Å². The Morgan fingerprint density at radius 2 is 2.05 bits per heavy atom. The molecule has 1 aromatic carbocycles. The minimum absolute atomic E-state index is 0.596. The molecule has 0 amide bonds. The Hall–Kier alpha value is -1.16. The van der Waals surface area contributed by atoms with Crippen LogP contribution in [0.15, 0.2) is 30.3 Å². The summed E-state index contributed by atoms with van der Waals surface area (Å²) in [4.78, 5) is 6.61. The topological polar surface area (TPSA) is 28.2 Å². The normalized spacial score (nSPS) is 11.4. The molecule has 1 heterocycles. The Balaban J connectivity index is 1.95. The van der Waals surface area contributed by atoms with Crippen molar-refractivity contribution in [1.29, 1.82) is 0 Å². The van der Waals surface area contributed by atoms with Crippen molar-refractivity contribution in [2.75, 3.05) is 27.2 Å². The number of nitrogens with one attached hydrogen (secondary N) is 1. The van der Waals surface area contributed by atoms with Crippen LogP contribution in [0, 0.1) is 0 Å². The molecule has 0 aliphatic heterocycles. The van der Waals surface area contributed by atoms with Crippen molar-refractivity contribution in [3.05, 3.63) is 41.0 Å². The van der Waals surface area contributed by atoms with E-state index in [2.05, 4.69) is 41.4 Å². The first kappa shape index (κ1) is 14.3. The highest BCUT2D eigenvalue weighted by Crippen LogP contribution is 2.20. The number of fused-ring (bicyclic) bond motifs is 1. The summed E-state index contributed by atoms with van der Waals surface area (Å²) >= 11 is 6.21. The number of para-hydroxylation sites is 1. The molecule has 102 valence electrons. The number of rotatable bonds is 6. The molecule has 2 rings (SSSR count). The van der Waals surface area contributed by atoms with Crippen molar-refractivity contribution in [1.82, 2.24) is 15.2 Å². The highest BCUT2D eigenvalue weighted by atomic mass is 35.5. The van der Waals surface area contributed by atoms with Gasteiger partial charge in [-0.25, -0.2) is 4.98 Å². The Morgan fingerprint density at radius 1 is 1.26 bits per heavy atom. The summed E-state index contributed by atoms with van der Waals surface area (Å²) in [6.45, 7) is 2.85. The van der Waals surface area contributed by atoms with Crippen molar-refractivity contribution in [2.24, 2.45) is 0 Å². The molecule has 4 heteroatoms. The van der Waals surface area contributed by atoms with Crippen LogP contribution in [-0.2, 0) is 6.54 Å². The van der Waals surface area contributed by atoms with Crippen LogP contribution in [0.4, 0.5) is 0 Å². The van der Waals surface area contributed by atoms with Gasteiger partial charge >= 0.3 is 0 Å². The van der Waals surface area contributed by atoms with Crippen LogP contribution in [0.2, 0.25) is 5.15 Å². The molecular weight excluding hydrogens is 258 g/mol. The van der Waals surface area contributed by atoms with E-state index in [0.717, 1.165) is 42.5 Å². The van der Waals surface area contributed by atoms with Crippen LogP contribution in [0.3, 0.4) is 0 Å². The van der Waals surface area contributed by atoms with Gasteiger partial charge in [0.1, 0.15) is 5.15 Å². The second-order valence-electron chi connectivity index (χ2n) is 4.96. The number of benzene rings is 1. The average Bonchev–Trinajstić information content (AvgIpc) is 2.38. The first-order chi connectivity index (χ1) is 9.16. The van der Waals surface area contributed by atoms with Gasteiger partial charge in [-0.1, -0.05) is 29.8 Å². The molecule has 3 nitrogen and oxygen atoms in total. The second kappa shape index (κ2) is 6.85. The Labute approximate surface area is 119 Å². The third-order valence-corrected chi connectivity index (χ3v) is 3.35. The van der Waals surface area contributed by atoms with Crippen molar-refractivity contribution >= 4 is 22.5 Å². The van der Waals surface area contributed by atoms with Gasteiger partial charge in [0, 0.05) is 17.5 Å². The van der Waals surface area contributed by atoms with Crippen LogP contribution in [0.5, 0.6) is 0 Å². The quantitative estimate of drug-likeness (QED) is 0.650. The second-order valence-corrected chi connectivity index (χ2v) is 5.32. The zero-order valence-electron chi connectivity index (χ0n) is 11.5. The first-order valence-electron chi connectivity index (χ1n) is 6.56. The molecule has 19 heavy (non-hydrogen) atoms. The van der Waals surface area contributed by atoms with Gasteiger partial charge in [-0.05, 0) is 45.7 Å². The first-order valence-corrected chi connectivity index (χ1v) is 6.94. The van der Waals surface area contributed by atoms with Gasteiger partial charge in [0.2, 0.25) is 0 Å². The third kappa shape index (κ3) is 4.16. The van der Waals surface area contributed by atoms with Gasteiger partial charge < -0.3 is 10.2 Å². The molecule has 0 saturated heterocycles. The number of hydrogen-bond donors (Lipinski definition) is 1. The molecule has 0 saturated carbocycles. The lowest BCUT2D eigenvalue weighted by Gasteiger charge is -2.10. The van der Waals surface area contributed by atoms with Crippen molar-refractivity contribution in [3.63, 3.8) is 0 Å². The lowest BCUT2D eigenvalue weighted by molar-refractivity contribution is 0.394. The van der Waals surface area contributed by atoms with E-state index in [0.29, 0.717) is 5.15 Å². The summed E-state index contributed by atoms with van der Waals surface area (Å²) in [7, 11) is 4.17. The molecule has 0 aliphatic carbocycles. The highest BCUT2D eigenvalue weighted by Gasteiger charge is 2.04. The minimum Gasteiger partial charge on any atom is -0.313 e. The van der Waals surface area contributed by atoms with E-state index in [1.807, 2.05) is 18.2 Å². The molecule has 1 aromatic heterocycles. The fourth-order valence-corrected chi connectivity index (χ4v) is 2.22. The van der Waals surface area contributed by atoms with E-state index in [-0.39, 0.29) is 0 Å². The van der Waals surface area contributed by atoms with Crippen LogP contribution in [0.1, 0.15) is 12.0 Å². The lowest BCUT2D eigenvalue weighted by Crippen LogP contribution is -2.21. The smallest absolute Gasteiger partial charge is 0.134 e. The van der Waals surface area contributed by atoms with Gasteiger partial charge in [0.25, 0.3) is 0 Å². The van der Waals surface area contributed by atoms with Crippen LogP contribution < -0.4 is 5.32 Å². The highest BCUT2D eigenvalue weighted by molar-refractivity contribution is 6.30. The molecule has 0 aliphatic rings. The fourth-order valence-electron chi connectivity index (χ4n) is 2.00. The number of nitrogens with zero attached hydrogens (tertiary/aromatic N) is 2. The summed E-state index contributed by atoms with van der Waals surface area (Å²) in [6, 6.07) is 10.2. The molecule has 0 bridgehead atoms. The molecule has 0 unspecified atom stereocenters. The number of pyridine rings is 1. The SMILES string of the molecule is CN(C)CCCNCc1cc2ccccc2nc1Cl. The maximum Gasteiger partial charge on any atom is 0.134 e. The Morgan fingerprint density at radius 3 is 2.84 bits per heavy atom. The zero-order chi connectivity index (χ0) is 13.7. The number of hydrogen-bond acceptors (Lipinski definition) is 3. The molecule has 0 atom stereocenters. The Bertz CT molecular complexity index is 540. The summed E-state index contributed by atoms with van der Waals surface area (Å²) < 4.78 is 0. The van der Waals surface area contributed by atoms with Crippen LogP contribution in [-0.4, -0.2) is 37.1 Å². The van der Waals surface area contributed by atoms with Crippen LogP contribution in [0.25, 0.3) is 10.9 Å². The van der Waals surface area contributed by atoms with E-state index >= 15 is 0 Å². The van der Waals surface area contributed by atoms with Gasteiger partial charge in [-0.3, -0.25) is 0 Å². The maximum absolute atomic E-state index is 6.21. The lowest BCUT2D eigenvalue weighted by atomic mass is 10.1. The third-order valence-electron chi connectivity index (χ3n) is 3.02. The minimum atomic E-state index is 0.596. The molecule has 2 aromatic rings. The van der Waals surface area contributed by atoms with E-state index in [9.17, 15) is 0 Å². The molecule has 0 fully saturated rings. The monoisotopic (exact) mass is 277 g/mol. The number of halogens is 1. The summed E-state index contributed by atoms with van der Waals surface area (Å²) in [5.41, 5.74) is 2.01. The van der Waals surface area contributed by atoms with Gasteiger partial charge in [-0.15, -0.1) is 0 Å². The molecular formula is C15H20ClN3. The zero-order valence-corrected chi connectivity index (χ0v) is 12.2. The van der Waals surface area contributed by atoms with Gasteiger partial charge in [0.05, 0.1) is 5.52 Å². The van der Waals surface area contributed by atoms with Gasteiger partial charge in [-0.2, -0.15) is 0 Å². The Kier molecular flexibility index (Phi) is 5.14. The largest absolute Gasteiger partial charge is 0.313 e. The average molecular weight is 278 g/mol. The van der Waals surface area contributed by atoms with Gasteiger partial charge in [0.15, 0.2) is 0 Å². The molecule has 0 radical (unpaired) electrons. The fraction of sp³-hybridized carbons (Fsp3) is 0.400. The van der Waals surface area contributed by atoms with Crippen molar-refractivity contribution in [3.8, 4) is 0 Å². The maximum atomic E-state index is 6.21. The predicted octanol–water partition coefficient (Wildman–Crippen LogP) is 2.93. The van der Waals surface area contributed by atoms with Crippen molar-refractivity contribution in [2.45, 2.75) is 13.0 Å². The molecule has 1 N–H and O–H groups in total. The number of aromatic nitrogens is 1. The predicted molar refractivity (Wildman–Crippen MR) is 81.6 cm³/mol. The summed E-state index contributed by atoms with van der Waals surface area (Å²) in [5.74, 6) is 0. The van der Waals surface area contributed by atoms with Crippen LogP contribution >= 0.6 is 11.6 Å². The summed E-state index contributed by atoms with van der Waals surface area (Å²) in [6.07, 6.45) is 1.13. The van der Waals surface area contributed by atoms with Crippen molar-refractivity contribution < 1.29 is 0 Å².